The van der Waals surface area contributed by atoms with E-state index in [4.69, 9.17) is 9.15 Å². The van der Waals surface area contributed by atoms with Gasteiger partial charge in [-0.2, -0.15) is 0 Å². The van der Waals surface area contributed by atoms with Crippen molar-refractivity contribution in [3.8, 4) is 5.75 Å². The smallest absolute Gasteiger partial charge is 0.336 e. The molecule has 0 radical (unpaired) electrons. The van der Waals surface area contributed by atoms with Crippen molar-refractivity contribution in [3.05, 3.63) is 81.2 Å². The molecule has 7 heteroatoms. The van der Waals surface area contributed by atoms with Gasteiger partial charge in [-0.05, 0) is 48.7 Å². The van der Waals surface area contributed by atoms with Gasteiger partial charge in [0.25, 0.3) is 0 Å². The molecule has 0 fully saturated rings. The number of ether oxygens (including phenoxy) is 1. The third kappa shape index (κ3) is 4.51. The van der Waals surface area contributed by atoms with E-state index in [0.29, 0.717) is 22.2 Å². The molecule has 0 aliphatic rings. The Bertz CT molecular complexity index is 1290. The van der Waals surface area contributed by atoms with Crippen LogP contribution >= 0.6 is 11.3 Å². The van der Waals surface area contributed by atoms with Crippen molar-refractivity contribution >= 4 is 39.0 Å². The third-order valence-electron chi connectivity index (χ3n) is 4.96. The van der Waals surface area contributed by atoms with E-state index in [-0.39, 0.29) is 18.1 Å². The molecule has 0 N–H and O–H groups in total. The van der Waals surface area contributed by atoms with Gasteiger partial charge in [0.2, 0.25) is 5.91 Å². The molecule has 4 aromatic rings. The number of rotatable bonds is 6. The monoisotopic (exact) mass is 434 g/mol. The van der Waals surface area contributed by atoms with Crippen LogP contribution in [0.15, 0.2) is 63.1 Å². The predicted octanol–water partition coefficient (Wildman–Crippen LogP) is 5.38. The third-order valence-corrected chi connectivity index (χ3v) is 5.83. The number of hydrogen-bond acceptors (Lipinski definition) is 6. The van der Waals surface area contributed by atoms with Crippen molar-refractivity contribution < 1.29 is 13.9 Å². The molecule has 0 saturated carbocycles. The Morgan fingerprint density at radius 2 is 1.94 bits per heavy atom. The number of carbonyl (C=O) groups excluding carboxylic acids is 1. The minimum absolute atomic E-state index is 0.106. The van der Waals surface area contributed by atoms with Crippen LogP contribution in [0.1, 0.15) is 30.7 Å². The van der Waals surface area contributed by atoms with Gasteiger partial charge in [0.05, 0.1) is 11.4 Å². The van der Waals surface area contributed by atoms with E-state index in [0.717, 1.165) is 23.1 Å². The molecule has 1 amide bonds. The molecule has 2 aromatic carbocycles. The number of aromatic nitrogens is 1. The highest BCUT2D eigenvalue weighted by Crippen LogP contribution is 2.30. The lowest BCUT2D eigenvalue weighted by atomic mass is 10.1. The molecular formula is C24H22N2O4S. The Morgan fingerprint density at radius 3 is 2.65 bits per heavy atom. The quantitative estimate of drug-likeness (QED) is 0.381. The second-order valence-corrected chi connectivity index (χ2v) is 8.03. The summed E-state index contributed by atoms with van der Waals surface area (Å²) in [6, 6.07) is 14.8. The Labute approximate surface area is 183 Å². The molecule has 4 rings (SSSR count). The van der Waals surface area contributed by atoms with Crippen LogP contribution < -0.4 is 15.3 Å². The zero-order valence-corrected chi connectivity index (χ0v) is 18.4. The number of nitrogens with zero attached hydrogens (tertiary/aromatic N) is 2. The summed E-state index contributed by atoms with van der Waals surface area (Å²) in [5, 5.41) is 3.33. The second-order valence-electron chi connectivity index (χ2n) is 7.19. The lowest BCUT2D eigenvalue weighted by Crippen LogP contribution is -2.22. The number of amides is 1. The summed E-state index contributed by atoms with van der Waals surface area (Å²) in [5.41, 5.74) is 3.66. The van der Waals surface area contributed by atoms with Gasteiger partial charge in [-0.25, -0.2) is 9.78 Å². The second kappa shape index (κ2) is 8.73. The fourth-order valence-electron chi connectivity index (χ4n) is 3.33. The minimum atomic E-state index is -0.386. The van der Waals surface area contributed by atoms with Crippen molar-refractivity contribution in [2.24, 2.45) is 0 Å². The summed E-state index contributed by atoms with van der Waals surface area (Å²) in [6.07, 6.45) is 0.941. The first-order valence-corrected chi connectivity index (χ1v) is 10.8. The lowest BCUT2D eigenvalue weighted by Gasteiger charge is -2.18. The van der Waals surface area contributed by atoms with Gasteiger partial charge < -0.3 is 9.15 Å². The summed E-state index contributed by atoms with van der Waals surface area (Å²) >= 11 is 1.39. The van der Waals surface area contributed by atoms with Crippen LogP contribution in [-0.4, -0.2) is 10.9 Å². The number of thiazole rings is 1. The highest BCUT2D eigenvalue weighted by molar-refractivity contribution is 7.14. The number of aryl methyl sites for hydroxylation is 2. The van der Waals surface area contributed by atoms with E-state index in [1.54, 1.807) is 11.0 Å². The number of carbonyl (C=O) groups is 1. The normalized spacial score (nSPS) is 10.9. The van der Waals surface area contributed by atoms with E-state index in [9.17, 15) is 9.59 Å². The van der Waals surface area contributed by atoms with Gasteiger partial charge >= 0.3 is 5.63 Å². The van der Waals surface area contributed by atoms with Crippen molar-refractivity contribution in [3.63, 3.8) is 0 Å². The minimum Gasteiger partial charge on any atom is -0.487 e. The number of fused-ring (bicyclic) bond motifs is 1. The van der Waals surface area contributed by atoms with Crippen molar-refractivity contribution in [2.75, 3.05) is 4.90 Å². The molecule has 0 bridgehead atoms. The van der Waals surface area contributed by atoms with Crippen LogP contribution in [0.5, 0.6) is 5.75 Å². The van der Waals surface area contributed by atoms with Gasteiger partial charge in [-0.15, -0.1) is 11.3 Å². The number of anilines is 2. The summed E-state index contributed by atoms with van der Waals surface area (Å²) < 4.78 is 11.1. The standard InChI is InChI=1S/C24H22N2O4S/c1-4-17-5-7-19(8-6-17)26(16(3)27)24-25-18(14-31-24)13-29-20-9-10-21-15(2)11-23(28)30-22(21)12-20/h5-12,14H,4,13H2,1-3H3. The number of hydrogen-bond donors (Lipinski definition) is 0. The SMILES string of the molecule is CCc1ccc(N(C(C)=O)c2nc(COc3ccc4c(C)cc(=O)oc4c3)cs2)cc1. The Kier molecular flexibility index (Phi) is 5.86. The first-order chi connectivity index (χ1) is 14.9. The van der Waals surface area contributed by atoms with E-state index < -0.39 is 0 Å². The van der Waals surface area contributed by atoms with Crippen LogP contribution in [0.4, 0.5) is 10.8 Å². The Balaban J connectivity index is 1.52. The van der Waals surface area contributed by atoms with E-state index in [1.165, 1.54) is 29.9 Å². The molecule has 158 valence electrons. The molecule has 0 unspecified atom stereocenters. The maximum atomic E-state index is 12.3. The molecule has 31 heavy (non-hydrogen) atoms. The Morgan fingerprint density at radius 1 is 1.16 bits per heavy atom. The topological polar surface area (TPSA) is 72.6 Å². The zero-order valence-electron chi connectivity index (χ0n) is 17.5. The molecular weight excluding hydrogens is 412 g/mol. The van der Waals surface area contributed by atoms with Crippen LogP contribution in [0, 0.1) is 6.92 Å². The maximum Gasteiger partial charge on any atom is 0.336 e. The molecule has 2 aromatic heterocycles. The van der Waals surface area contributed by atoms with Gasteiger partial charge in [0.15, 0.2) is 5.13 Å². The molecule has 0 spiro atoms. The highest BCUT2D eigenvalue weighted by Gasteiger charge is 2.18. The van der Waals surface area contributed by atoms with Crippen LogP contribution in [0.25, 0.3) is 11.0 Å². The van der Waals surface area contributed by atoms with Crippen molar-refractivity contribution in [1.29, 1.82) is 0 Å². The van der Waals surface area contributed by atoms with Crippen LogP contribution in [0.2, 0.25) is 0 Å². The average Bonchev–Trinajstić information content (AvgIpc) is 3.20. The molecule has 0 aliphatic carbocycles. The average molecular weight is 435 g/mol. The summed E-state index contributed by atoms with van der Waals surface area (Å²) in [4.78, 5) is 30.1. The highest BCUT2D eigenvalue weighted by atomic mass is 32.1. The molecule has 0 atom stereocenters. The maximum absolute atomic E-state index is 12.3. The fourth-order valence-corrected chi connectivity index (χ4v) is 4.20. The van der Waals surface area contributed by atoms with E-state index in [2.05, 4.69) is 11.9 Å². The summed E-state index contributed by atoms with van der Waals surface area (Å²) in [6.45, 7) is 5.72. The largest absolute Gasteiger partial charge is 0.487 e. The predicted molar refractivity (Wildman–Crippen MR) is 122 cm³/mol. The molecule has 6 nitrogen and oxygen atoms in total. The first-order valence-electron chi connectivity index (χ1n) is 9.96. The van der Waals surface area contributed by atoms with Crippen molar-refractivity contribution in [2.45, 2.75) is 33.8 Å². The molecule has 2 heterocycles. The lowest BCUT2D eigenvalue weighted by molar-refractivity contribution is -0.115. The summed E-state index contributed by atoms with van der Waals surface area (Å²) in [5.74, 6) is 0.473. The molecule has 0 saturated heterocycles. The van der Waals surface area contributed by atoms with Gasteiger partial charge in [0.1, 0.15) is 17.9 Å². The fraction of sp³-hybridized carbons (Fsp3) is 0.208. The first kappa shape index (κ1) is 20.8. The molecule has 0 aliphatic heterocycles. The van der Waals surface area contributed by atoms with Gasteiger partial charge in [0, 0.05) is 29.8 Å². The zero-order chi connectivity index (χ0) is 22.0. The van der Waals surface area contributed by atoms with Gasteiger partial charge in [-0.3, -0.25) is 9.69 Å². The van der Waals surface area contributed by atoms with Crippen LogP contribution in [0.3, 0.4) is 0 Å². The van der Waals surface area contributed by atoms with Crippen molar-refractivity contribution in [1.82, 2.24) is 4.98 Å². The number of benzene rings is 2. The summed E-state index contributed by atoms with van der Waals surface area (Å²) in [7, 11) is 0. The van der Waals surface area contributed by atoms with Crippen LogP contribution in [-0.2, 0) is 17.8 Å². The Hall–Kier alpha value is -3.45. The van der Waals surface area contributed by atoms with E-state index >= 15 is 0 Å². The van der Waals surface area contributed by atoms with E-state index in [1.807, 2.05) is 48.7 Å². The van der Waals surface area contributed by atoms with Gasteiger partial charge in [-0.1, -0.05) is 19.1 Å².